The standard InChI is InChI=1S/C13H16FN3O/c1-13(18,10-2-4-11(14)5-3-10)9-15-8-12-16-6-7-17-12/h2-7,15,18H,8-9H2,1H3,(H,16,17). The van der Waals surface area contributed by atoms with Gasteiger partial charge in [0.25, 0.3) is 0 Å². The van der Waals surface area contributed by atoms with Crippen molar-refractivity contribution in [3.63, 3.8) is 0 Å². The summed E-state index contributed by atoms with van der Waals surface area (Å²) in [6.45, 7) is 2.60. The highest BCUT2D eigenvalue weighted by Gasteiger charge is 2.22. The number of imidazole rings is 1. The molecular weight excluding hydrogens is 233 g/mol. The number of nitrogens with one attached hydrogen (secondary N) is 2. The predicted molar refractivity (Wildman–Crippen MR) is 66.3 cm³/mol. The Kier molecular flexibility index (Phi) is 3.74. The number of aromatic nitrogens is 2. The van der Waals surface area contributed by atoms with E-state index in [1.165, 1.54) is 12.1 Å². The van der Waals surface area contributed by atoms with Gasteiger partial charge in [0.05, 0.1) is 12.1 Å². The Labute approximate surface area is 105 Å². The topological polar surface area (TPSA) is 60.9 Å². The zero-order chi connectivity index (χ0) is 13.0. The van der Waals surface area contributed by atoms with Gasteiger partial charge in [0, 0.05) is 18.9 Å². The molecule has 96 valence electrons. The van der Waals surface area contributed by atoms with Crippen LogP contribution in [0, 0.1) is 5.82 Å². The first-order valence-corrected chi connectivity index (χ1v) is 5.75. The fourth-order valence-corrected chi connectivity index (χ4v) is 1.73. The Hall–Kier alpha value is -1.72. The lowest BCUT2D eigenvalue weighted by Crippen LogP contribution is -2.35. The normalized spacial score (nSPS) is 14.4. The Morgan fingerprint density at radius 3 is 2.72 bits per heavy atom. The second-order valence-corrected chi connectivity index (χ2v) is 4.42. The van der Waals surface area contributed by atoms with Crippen LogP contribution in [-0.2, 0) is 12.1 Å². The van der Waals surface area contributed by atoms with Gasteiger partial charge in [-0.1, -0.05) is 12.1 Å². The third-order valence-corrected chi connectivity index (χ3v) is 2.78. The summed E-state index contributed by atoms with van der Waals surface area (Å²) in [5.41, 5.74) is -0.365. The van der Waals surface area contributed by atoms with Gasteiger partial charge in [-0.05, 0) is 24.6 Å². The van der Waals surface area contributed by atoms with Crippen LogP contribution in [0.4, 0.5) is 4.39 Å². The third-order valence-electron chi connectivity index (χ3n) is 2.78. The van der Waals surface area contributed by atoms with Gasteiger partial charge in [0.1, 0.15) is 11.6 Å². The van der Waals surface area contributed by atoms with Gasteiger partial charge in [-0.25, -0.2) is 9.37 Å². The number of aromatic amines is 1. The van der Waals surface area contributed by atoms with E-state index in [0.29, 0.717) is 18.7 Å². The van der Waals surface area contributed by atoms with Crippen molar-refractivity contribution < 1.29 is 9.50 Å². The first-order chi connectivity index (χ1) is 8.58. The molecule has 18 heavy (non-hydrogen) atoms. The van der Waals surface area contributed by atoms with Gasteiger partial charge >= 0.3 is 0 Å². The molecule has 1 unspecified atom stereocenters. The second kappa shape index (κ2) is 5.29. The summed E-state index contributed by atoms with van der Waals surface area (Å²) in [4.78, 5) is 7.04. The van der Waals surface area contributed by atoms with Crippen LogP contribution in [0.15, 0.2) is 36.7 Å². The van der Waals surface area contributed by atoms with Gasteiger partial charge in [-0.15, -0.1) is 0 Å². The van der Waals surface area contributed by atoms with Crippen molar-refractivity contribution in [2.75, 3.05) is 6.54 Å². The highest BCUT2D eigenvalue weighted by atomic mass is 19.1. The SMILES string of the molecule is CC(O)(CNCc1ncc[nH]1)c1ccc(F)cc1. The number of aliphatic hydroxyl groups is 1. The lowest BCUT2D eigenvalue weighted by atomic mass is 9.96. The van der Waals surface area contributed by atoms with E-state index >= 15 is 0 Å². The molecule has 0 radical (unpaired) electrons. The molecule has 0 saturated carbocycles. The molecule has 1 aromatic heterocycles. The van der Waals surface area contributed by atoms with Crippen LogP contribution in [0.1, 0.15) is 18.3 Å². The molecule has 1 aromatic carbocycles. The van der Waals surface area contributed by atoms with Gasteiger partial charge in [0.2, 0.25) is 0 Å². The maximum absolute atomic E-state index is 12.8. The van der Waals surface area contributed by atoms with Gasteiger partial charge < -0.3 is 15.4 Å². The number of hydrogen-bond acceptors (Lipinski definition) is 3. The van der Waals surface area contributed by atoms with Gasteiger partial charge in [-0.3, -0.25) is 0 Å². The number of rotatable bonds is 5. The smallest absolute Gasteiger partial charge is 0.123 e. The van der Waals surface area contributed by atoms with Gasteiger partial charge in [0.15, 0.2) is 0 Å². The monoisotopic (exact) mass is 249 g/mol. The minimum Gasteiger partial charge on any atom is -0.384 e. The van der Waals surface area contributed by atoms with Crippen molar-refractivity contribution in [1.29, 1.82) is 0 Å². The molecule has 5 heteroatoms. The van der Waals surface area contributed by atoms with Crippen molar-refractivity contribution in [1.82, 2.24) is 15.3 Å². The van der Waals surface area contributed by atoms with E-state index in [9.17, 15) is 9.50 Å². The summed E-state index contributed by atoms with van der Waals surface area (Å²) in [5.74, 6) is 0.503. The van der Waals surface area contributed by atoms with E-state index in [-0.39, 0.29) is 5.82 Å². The first-order valence-electron chi connectivity index (χ1n) is 5.75. The molecule has 0 aliphatic rings. The fourth-order valence-electron chi connectivity index (χ4n) is 1.73. The lowest BCUT2D eigenvalue weighted by Gasteiger charge is -2.24. The van der Waals surface area contributed by atoms with Crippen LogP contribution >= 0.6 is 0 Å². The molecule has 0 saturated heterocycles. The number of benzene rings is 1. The number of hydrogen-bond donors (Lipinski definition) is 3. The molecule has 0 aliphatic carbocycles. The molecule has 2 aromatic rings. The van der Waals surface area contributed by atoms with Gasteiger partial charge in [-0.2, -0.15) is 0 Å². The second-order valence-electron chi connectivity index (χ2n) is 4.42. The van der Waals surface area contributed by atoms with Crippen molar-refractivity contribution in [2.24, 2.45) is 0 Å². The zero-order valence-electron chi connectivity index (χ0n) is 10.2. The largest absolute Gasteiger partial charge is 0.384 e. The predicted octanol–water partition coefficient (Wildman–Crippen LogP) is 1.55. The summed E-state index contributed by atoms with van der Waals surface area (Å²) in [5, 5.41) is 13.4. The van der Waals surface area contributed by atoms with Crippen LogP contribution in [0.3, 0.4) is 0 Å². The zero-order valence-corrected chi connectivity index (χ0v) is 10.2. The van der Waals surface area contributed by atoms with E-state index in [1.807, 2.05) is 0 Å². The molecule has 1 atom stereocenters. The molecule has 0 amide bonds. The average molecular weight is 249 g/mol. The molecule has 4 nitrogen and oxygen atoms in total. The summed E-state index contributed by atoms with van der Waals surface area (Å²) in [6.07, 6.45) is 3.42. The Bertz CT molecular complexity index is 479. The van der Waals surface area contributed by atoms with E-state index in [2.05, 4.69) is 15.3 Å². The number of H-pyrrole nitrogens is 1. The van der Waals surface area contributed by atoms with Crippen molar-refractivity contribution in [2.45, 2.75) is 19.1 Å². The lowest BCUT2D eigenvalue weighted by molar-refractivity contribution is 0.0564. The maximum Gasteiger partial charge on any atom is 0.123 e. The number of halogens is 1. The van der Waals surface area contributed by atoms with Crippen LogP contribution in [0.5, 0.6) is 0 Å². The highest BCUT2D eigenvalue weighted by Crippen LogP contribution is 2.19. The quantitative estimate of drug-likeness (QED) is 0.753. The van der Waals surface area contributed by atoms with Crippen LogP contribution in [-0.4, -0.2) is 21.6 Å². The van der Waals surface area contributed by atoms with E-state index < -0.39 is 5.60 Å². The van der Waals surface area contributed by atoms with E-state index in [4.69, 9.17) is 0 Å². The molecule has 1 heterocycles. The summed E-state index contributed by atoms with van der Waals surface area (Å²) in [6, 6.07) is 5.86. The molecule has 0 fully saturated rings. The highest BCUT2D eigenvalue weighted by molar-refractivity contribution is 5.22. The Morgan fingerprint density at radius 1 is 1.39 bits per heavy atom. The first kappa shape index (κ1) is 12.7. The number of nitrogens with zero attached hydrogens (tertiary/aromatic N) is 1. The third kappa shape index (κ3) is 3.15. The summed E-state index contributed by atoms with van der Waals surface area (Å²) in [7, 11) is 0. The Balaban J connectivity index is 1.92. The van der Waals surface area contributed by atoms with Crippen molar-refractivity contribution in [3.05, 3.63) is 53.9 Å². The van der Waals surface area contributed by atoms with Crippen LogP contribution in [0.2, 0.25) is 0 Å². The average Bonchev–Trinajstić information content (AvgIpc) is 2.82. The van der Waals surface area contributed by atoms with Crippen molar-refractivity contribution >= 4 is 0 Å². The molecule has 0 bridgehead atoms. The minimum atomic E-state index is -1.04. The van der Waals surface area contributed by atoms with E-state index in [1.54, 1.807) is 31.5 Å². The van der Waals surface area contributed by atoms with Crippen LogP contribution < -0.4 is 5.32 Å². The molecule has 0 aliphatic heterocycles. The fraction of sp³-hybridized carbons (Fsp3) is 0.308. The molecule has 2 rings (SSSR count). The minimum absolute atomic E-state index is 0.307. The van der Waals surface area contributed by atoms with E-state index in [0.717, 1.165) is 5.82 Å². The Morgan fingerprint density at radius 2 is 2.11 bits per heavy atom. The summed E-state index contributed by atoms with van der Waals surface area (Å²) >= 11 is 0. The maximum atomic E-state index is 12.8. The van der Waals surface area contributed by atoms with Crippen LogP contribution in [0.25, 0.3) is 0 Å². The summed E-state index contributed by atoms with van der Waals surface area (Å²) < 4.78 is 12.8. The molecule has 0 spiro atoms. The molecular formula is C13H16FN3O. The molecule has 3 N–H and O–H groups in total. The van der Waals surface area contributed by atoms with Crippen molar-refractivity contribution in [3.8, 4) is 0 Å².